The third-order valence-corrected chi connectivity index (χ3v) is 6.44. The van der Waals surface area contributed by atoms with E-state index >= 15 is 0 Å². The highest BCUT2D eigenvalue weighted by molar-refractivity contribution is 7.90. The summed E-state index contributed by atoms with van der Waals surface area (Å²) in [4.78, 5) is 19.1. The number of carbonyl (C=O) groups excluding carboxylic acids is 1. The molecule has 0 unspecified atom stereocenters. The number of ether oxygens (including phenoxy) is 1. The summed E-state index contributed by atoms with van der Waals surface area (Å²) in [5.41, 5.74) is 3.47. The summed E-state index contributed by atoms with van der Waals surface area (Å²) in [5, 5.41) is 0. The molecule has 1 heterocycles. The molecule has 1 amide bonds. The van der Waals surface area contributed by atoms with Crippen molar-refractivity contribution in [3.05, 3.63) is 84.7 Å². The highest BCUT2D eigenvalue weighted by Gasteiger charge is 2.13. The van der Waals surface area contributed by atoms with Crippen molar-refractivity contribution in [2.75, 3.05) is 26.5 Å². The first-order valence-electron chi connectivity index (χ1n) is 10.5. The van der Waals surface area contributed by atoms with Crippen molar-refractivity contribution in [1.82, 2.24) is 14.5 Å². The number of nitrogens with zero attached hydrogens (tertiary/aromatic N) is 3. The summed E-state index contributed by atoms with van der Waals surface area (Å²) in [6, 6.07) is 21.8. The van der Waals surface area contributed by atoms with Crippen molar-refractivity contribution >= 4 is 26.8 Å². The molecule has 0 aliphatic rings. The lowest BCUT2D eigenvalue weighted by Crippen LogP contribution is -2.28. The number of amides is 1. The summed E-state index contributed by atoms with van der Waals surface area (Å²) < 4.78 is 31.0. The SMILES string of the molecule is CN(CCCOc1cccc(S(C)(=O)=O)c1)C(=O)c1ccc(-n2cnc3ccccc32)cc1. The van der Waals surface area contributed by atoms with Crippen LogP contribution >= 0.6 is 0 Å². The second kappa shape index (κ2) is 9.46. The second-order valence-corrected chi connectivity index (χ2v) is 9.84. The van der Waals surface area contributed by atoms with Crippen LogP contribution in [0.25, 0.3) is 16.7 Å². The molecule has 0 atom stereocenters. The maximum Gasteiger partial charge on any atom is 0.253 e. The third kappa shape index (κ3) is 5.23. The minimum atomic E-state index is -3.28. The molecule has 33 heavy (non-hydrogen) atoms. The van der Waals surface area contributed by atoms with Gasteiger partial charge in [-0.25, -0.2) is 13.4 Å². The van der Waals surface area contributed by atoms with Gasteiger partial charge in [-0.3, -0.25) is 9.36 Å². The van der Waals surface area contributed by atoms with Gasteiger partial charge in [-0.05, 0) is 61.0 Å². The average Bonchev–Trinajstić information content (AvgIpc) is 3.25. The lowest BCUT2D eigenvalue weighted by atomic mass is 10.1. The molecule has 7 nitrogen and oxygen atoms in total. The minimum Gasteiger partial charge on any atom is -0.493 e. The van der Waals surface area contributed by atoms with Crippen LogP contribution in [0.3, 0.4) is 0 Å². The topological polar surface area (TPSA) is 81.5 Å². The average molecular weight is 464 g/mol. The predicted octanol–water partition coefficient (Wildman–Crippen LogP) is 3.97. The van der Waals surface area contributed by atoms with Gasteiger partial charge >= 0.3 is 0 Å². The van der Waals surface area contributed by atoms with Crippen molar-refractivity contribution in [3.63, 3.8) is 0 Å². The van der Waals surface area contributed by atoms with Crippen LogP contribution in [-0.2, 0) is 9.84 Å². The molecule has 0 aliphatic heterocycles. The first-order valence-corrected chi connectivity index (χ1v) is 12.4. The number of benzene rings is 3. The van der Waals surface area contributed by atoms with Crippen molar-refractivity contribution in [1.29, 1.82) is 0 Å². The van der Waals surface area contributed by atoms with E-state index in [4.69, 9.17) is 4.74 Å². The molecule has 3 aromatic carbocycles. The normalized spacial score (nSPS) is 11.5. The smallest absolute Gasteiger partial charge is 0.253 e. The van der Waals surface area contributed by atoms with Crippen molar-refractivity contribution in [2.45, 2.75) is 11.3 Å². The Balaban J connectivity index is 1.32. The molecule has 0 N–H and O–H groups in total. The number of fused-ring (bicyclic) bond motifs is 1. The zero-order chi connectivity index (χ0) is 23.4. The fraction of sp³-hybridized carbons (Fsp3) is 0.200. The van der Waals surface area contributed by atoms with E-state index in [1.807, 2.05) is 53.1 Å². The Hall–Kier alpha value is -3.65. The molecule has 0 bridgehead atoms. The Morgan fingerprint density at radius 1 is 1.03 bits per heavy atom. The molecule has 1 aromatic heterocycles. The Labute approximate surface area is 193 Å². The Morgan fingerprint density at radius 3 is 2.55 bits per heavy atom. The van der Waals surface area contributed by atoms with E-state index in [9.17, 15) is 13.2 Å². The number of imidazole rings is 1. The van der Waals surface area contributed by atoms with Gasteiger partial charge in [0.25, 0.3) is 5.91 Å². The lowest BCUT2D eigenvalue weighted by Gasteiger charge is -2.18. The summed E-state index contributed by atoms with van der Waals surface area (Å²) in [6.45, 7) is 0.885. The number of rotatable bonds is 8. The fourth-order valence-electron chi connectivity index (χ4n) is 3.54. The zero-order valence-electron chi connectivity index (χ0n) is 18.5. The molecular weight excluding hydrogens is 438 g/mol. The predicted molar refractivity (Wildman–Crippen MR) is 128 cm³/mol. The van der Waals surface area contributed by atoms with Gasteiger partial charge in [0.2, 0.25) is 0 Å². The van der Waals surface area contributed by atoms with E-state index in [0.29, 0.717) is 30.9 Å². The van der Waals surface area contributed by atoms with Crippen LogP contribution in [-0.4, -0.2) is 55.2 Å². The molecule has 0 radical (unpaired) electrons. The maximum atomic E-state index is 12.8. The van der Waals surface area contributed by atoms with Gasteiger partial charge in [-0.15, -0.1) is 0 Å². The minimum absolute atomic E-state index is 0.0730. The van der Waals surface area contributed by atoms with Crippen molar-refractivity contribution in [2.24, 2.45) is 0 Å². The van der Waals surface area contributed by atoms with Crippen molar-refractivity contribution in [3.8, 4) is 11.4 Å². The zero-order valence-corrected chi connectivity index (χ0v) is 19.3. The Bertz CT molecular complexity index is 1380. The Kier molecular flexibility index (Phi) is 6.46. The van der Waals surface area contributed by atoms with Crippen LogP contribution in [0.2, 0.25) is 0 Å². The number of hydrogen-bond acceptors (Lipinski definition) is 5. The van der Waals surface area contributed by atoms with E-state index in [1.54, 1.807) is 30.4 Å². The van der Waals surface area contributed by atoms with Crippen LogP contribution in [0.15, 0.2) is 84.0 Å². The van der Waals surface area contributed by atoms with Gasteiger partial charge in [0.05, 0.1) is 22.5 Å². The summed E-state index contributed by atoms with van der Waals surface area (Å²) >= 11 is 0. The van der Waals surface area contributed by atoms with Crippen LogP contribution < -0.4 is 4.74 Å². The van der Waals surface area contributed by atoms with Gasteiger partial charge in [-0.2, -0.15) is 0 Å². The standard InChI is InChI=1S/C25H25N3O4S/c1-27(15-6-16-32-21-7-5-8-22(17-21)33(2,30)31)25(29)19-11-13-20(14-12-19)28-18-26-23-9-3-4-10-24(23)28/h3-5,7-14,17-18H,6,15-16H2,1-2H3. The first kappa shape index (κ1) is 22.5. The summed E-state index contributed by atoms with van der Waals surface area (Å²) in [5.74, 6) is 0.422. The quantitative estimate of drug-likeness (QED) is 0.369. The van der Waals surface area contributed by atoms with Gasteiger partial charge in [-0.1, -0.05) is 18.2 Å². The number of sulfone groups is 1. The number of hydrogen-bond donors (Lipinski definition) is 0. The van der Waals surface area contributed by atoms with Crippen LogP contribution in [0, 0.1) is 0 Å². The molecule has 0 saturated heterocycles. The van der Waals surface area contributed by atoms with Crippen LogP contribution in [0.4, 0.5) is 0 Å². The van der Waals surface area contributed by atoms with Crippen LogP contribution in [0.5, 0.6) is 5.75 Å². The maximum absolute atomic E-state index is 12.8. The number of para-hydroxylation sites is 2. The van der Waals surface area contributed by atoms with E-state index < -0.39 is 9.84 Å². The summed E-state index contributed by atoms with van der Waals surface area (Å²) in [6.07, 6.45) is 3.56. The van der Waals surface area contributed by atoms with Gasteiger partial charge in [0.15, 0.2) is 9.84 Å². The first-order chi connectivity index (χ1) is 15.8. The summed E-state index contributed by atoms with van der Waals surface area (Å²) in [7, 11) is -1.52. The highest BCUT2D eigenvalue weighted by atomic mass is 32.2. The molecular formula is C25H25N3O4S. The lowest BCUT2D eigenvalue weighted by molar-refractivity contribution is 0.0788. The molecule has 4 rings (SSSR count). The molecule has 0 fully saturated rings. The van der Waals surface area contributed by atoms with E-state index in [-0.39, 0.29) is 10.8 Å². The molecule has 4 aromatic rings. The third-order valence-electron chi connectivity index (χ3n) is 5.33. The molecule has 0 aliphatic carbocycles. The second-order valence-electron chi connectivity index (χ2n) is 7.83. The van der Waals surface area contributed by atoms with Gasteiger partial charge in [0.1, 0.15) is 12.1 Å². The number of carbonyl (C=O) groups is 1. The van der Waals surface area contributed by atoms with E-state index in [1.165, 1.54) is 12.1 Å². The molecule has 0 spiro atoms. The molecule has 0 saturated carbocycles. The monoisotopic (exact) mass is 463 g/mol. The molecule has 170 valence electrons. The van der Waals surface area contributed by atoms with Crippen LogP contribution in [0.1, 0.15) is 16.8 Å². The Morgan fingerprint density at radius 2 is 1.79 bits per heavy atom. The van der Waals surface area contributed by atoms with Crippen molar-refractivity contribution < 1.29 is 17.9 Å². The number of aromatic nitrogens is 2. The van der Waals surface area contributed by atoms with Gasteiger partial charge in [0, 0.05) is 31.1 Å². The fourth-order valence-corrected chi connectivity index (χ4v) is 4.19. The largest absolute Gasteiger partial charge is 0.493 e. The molecule has 8 heteroatoms. The van der Waals surface area contributed by atoms with E-state index in [2.05, 4.69) is 4.98 Å². The van der Waals surface area contributed by atoms with E-state index in [0.717, 1.165) is 23.0 Å². The highest BCUT2D eigenvalue weighted by Crippen LogP contribution is 2.19. The van der Waals surface area contributed by atoms with Gasteiger partial charge < -0.3 is 9.64 Å².